The molecule has 2 aromatic rings. The minimum Gasteiger partial charge on any atom is -0.444 e. The first-order valence-electron chi connectivity index (χ1n) is 6.41. The minimum absolute atomic E-state index is 0.0170. The van der Waals surface area contributed by atoms with Crippen molar-refractivity contribution in [3.05, 3.63) is 47.1 Å². The number of furan rings is 1. The zero-order chi connectivity index (χ0) is 13.2. The maximum Gasteiger partial charge on any atom is 0.289 e. The molecule has 1 fully saturated rings. The van der Waals surface area contributed by atoms with E-state index < -0.39 is 0 Å². The Balaban J connectivity index is 1.62. The Hall–Kier alpha value is -1.49. The van der Waals surface area contributed by atoms with Gasteiger partial charge in [-0.15, -0.1) is 0 Å². The van der Waals surface area contributed by atoms with E-state index in [0.717, 1.165) is 25.9 Å². The number of halogens is 1. The second-order valence-electron chi connectivity index (χ2n) is 4.76. The van der Waals surface area contributed by atoms with Crippen molar-refractivity contribution in [1.29, 1.82) is 0 Å². The number of piperidine rings is 1. The van der Waals surface area contributed by atoms with Crippen molar-refractivity contribution in [2.45, 2.75) is 18.9 Å². The summed E-state index contributed by atoms with van der Waals surface area (Å²) >= 11 is 3.22. The van der Waals surface area contributed by atoms with Crippen molar-refractivity contribution < 1.29 is 9.21 Å². The third kappa shape index (κ3) is 2.61. The summed E-state index contributed by atoms with van der Waals surface area (Å²) in [5.41, 5.74) is 0. The summed E-state index contributed by atoms with van der Waals surface area (Å²) in [4.78, 5) is 14.1. The van der Waals surface area contributed by atoms with Crippen LogP contribution in [0.2, 0.25) is 0 Å². The Labute approximate surface area is 120 Å². The average molecular weight is 323 g/mol. The summed E-state index contributed by atoms with van der Waals surface area (Å²) in [6, 6.07) is 8.04. The smallest absolute Gasteiger partial charge is 0.289 e. The molecule has 19 heavy (non-hydrogen) atoms. The van der Waals surface area contributed by atoms with Gasteiger partial charge in [0.15, 0.2) is 10.4 Å². The molecule has 0 radical (unpaired) electrons. The average Bonchev–Trinajstić information content (AvgIpc) is 3.09. The predicted molar refractivity (Wildman–Crippen MR) is 75.0 cm³/mol. The van der Waals surface area contributed by atoms with Gasteiger partial charge in [0.1, 0.15) is 0 Å². The zero-order valence-corrected chi connectivity index (χ0v) is 12.0. The van der Waals surface area contributed by atoms with Gasteiger partial charge in [0.05, 0.1) is 0 Å². The van der Waals surface area contributed by atoms with Crippen molar-refractivity contribution in [3.63, 3.8) is 0 Å². The Bertz CT molecular complexity index is 554. The van der Waals surface area contributed by atoms with Gasteiger partial charge in [-0.05, 0) is 53.0 Å². The number of carbonyl (C=O) groups excluding carboxylic acids is 1. The highest BCUT2D eigenvalue weighted by molar-refractivity contribution is 9.10. The Morgan fingerprint density at radius 1 is 1.21 bits per heavy atom. The normalized spacial score (nSPS) is 16.8. The fraction of sp³-hybridized carbons (Fsp3) is 0.357. The summed E-state index contributed by atoms with van der Waals surface area (Å²) < 4.78 is 8.14. The predicted octanol–water partition coefficient (Wildman–Crippen LogP) is 3.32. The number of rotatable bonds is 2. The molecule has 0 N–H and O–H groups in total. The molecule has 0 unspecified atom stereocenters. The van der Waals surface area contributed by atoms with Gasteiger partial charge in [-0.3, -0.25) is 4.79 Å². The standard InChI is InChI=1S/C14H15BrN2O2/c15-13-4-3-12(19-13)14(18)17-9-5-11(6-10-17)16-7-1-2-8-16/h1-4,7-8,11H,5-6,9-10H2. The van der Waals surface area contributed by atoms with Gasteiger partial charge in [0.25, 0.3) is 5.91 Å². The highest BCUT2D eigenvalue weighted by Gasteiger charge is 2.25. The summed E-state index contributed by atoms with van der Waals surface area (Å²) in [6.45, 7) is 1.56. The number of likely N-dealkylation sites (tertiary alicyclic amines) is 1. The summed E-state index contributed by atoms with van der Waals surface area (Å²) in [5, 5.41) is 0. The van der Waals surface area contributed by atoms with Crippen LogP contribution in [0.4, 0.5) is 0 Å². The number of nitrogens with zero attached hydrogens (tertiary/aromatic N) is 2. The Morgan fingerprint density at radius 3 is 2.47 bits per heavy atom. The lowest BCUT2D eigenvalue weighted by molar-refractivity contribution is 0.0661. The molecular formula is C14H15BrN2O2. The fourth-order valence-electron chi connectivity index (χ4n) is 2.54. The molecule has 0 aliphatic carbocycles. The Kier molecular flexibility index (Phi) is 3.46. The van der Waals surface area contributed by atoms with Crippen LogP contribution in [-0.2, 0) is 0 Å². The van der Waals surface area contributed by atoms with Gasteiger partial charge in [-0.2, -0.15) is 0 Å². The van der Waals surface area contributed by atoms with E-state index in [1.165, 1.54) is 0 Å². The first-order chi connectivity index (χ1) is 9.24. The molecule has 100 valence electrons. The van der Waals surface area contributed by atoms with Crippen molar-refractivity contribution in [1.82, 2.24) is 9.47 Å². The van der Waals surface area contributed by atoms with Crippen LogP contribution in [0, 0.1) is 0 Å². The highest BCUT2D eigenvalue weighted by atomic mass is 79.9. The second kappa shape index (κ2) is 5.25. The number of hydrogen-bond acceptors (Lipinski definition) is 2. The molecule has 3 heterocycles. The lowest BCUT2D eigenvalue weighted by atomic mass is 10.0. The van der Waals surface area contributed by atoms with E-state index in [2.05, 4.69) is 32.9 Å². The molecule has 0 bridgehead atoms. The van der Waals surface area contributed by atoms with E-state index in [9.17, 15) is 4.79 Å². The summed E-state index contributed by atoms with van der Waals surface area (Å²) in [5.74, 6) is 0.392. The number of amides is 1. The van der Waals surface area contributed by atoms with Crippen LogP contribution >= 0.6 is 15.9 Å². The monoisotopic (exact) mass is 322 g/mol. The van der Waals surface area contributed by atoms with Crippen LogP contribution in [0.3, 0.4) is 0 Å². The fourth-order valence-corrected chi connectivity index (χ4v) is 2.85. The molecular weight excluding hydrogens is 308 g/mol. The van der Waals surface area contributed by atoms with E-state index in [1.807, 2.05) is 17.0 Å². The quantitative estimate of drug-likeness (QED) is 0.850. The van der Waals surface area contributed by atoms with Crippen LogP contribution in [0.25, 0.3) is 0 Å². The molecule has 0 atom stereocenters. The van der Waals surface area contributed by atoms with Gasteiger partial charge >= 0.3 is 0 Å². The molecule has 0 aromatic carbocycles. The molecule has 3 rings (SSSR count). The first kappa shape index (κ1) is 12.5. The van der Waals surface area contributed by atoms with Crippen LogP contribution in [0.5, 0.6) is 0 Å². The summed E-state index contributed by atoms with van der Waals surface area (Å²) in [7, 11) is 0. The third-order valence-corrected chi connectivity index (χ3v) is 4.01. The lowest BCUT2D eigenvalue weighted by Crippen LogP contribution is -2.38. The van der Waals surface area contributed by atoms with Crippen LogP contribution in [0.1, 0.15) is 29.4 Å². The van der Waals surface area contributed by atoms with Crippen molar-refractivity contribution in [2.24, 2.45) is 0 Å². The third-order valence-electron chi connectivity index (χ3n) is 3.58. The number of hydrogen-bond donors (Lipinski definition) is 0. The van der Waals surface area contributed by atoms with E-state index in [0.29, 0.717) is 16.5 Å². The van der Waals surface area contributed by atoms with Crippen molar-refractivity contribution in [2.75, 3.05) is 13.1 Å². The van der Waals surface area contributed by atoms with Gasteiger partial charge < -0.3 is 13.9 Å². The molecule has 0 saturated carbocycles. The molecule has 0 spiro atoms. The second-order valence-corrected chi connectivity index (χ2v) is 5.54. The molecule has 1 saturated heterocycles. The lowest BCUT2D eigenvalue weighted by Gasteiger charge is -2.32. The molecule has 4 nitrogen and oxygen atoms in total. The van der Waals surface area contributed by atoms with E-state index >= 15 is 0 Å². The van der Waals surface area contributed by atoms with Gasteiger partial charge in [0, 0.05) is 31.5 Å². The molecule has 5 heteroatoms. The number of aromatic nitrogens is 1. The van der Waals surface area contributed by atoms with E-state index in [4.69, 9.17) is 4.42 Å². The van der Waals surface area contributed by atoms with E-state index in [1.54, 1.807) is 12.1 Å². The first-order valence-corrected chi connectivity index (χ1v) is 7.20. The highest BCUT2D eigenvalue weighted by Crippen LogP contribution is 2.24. The van der Waals surface area contributed by atoms with Crippen LogP contribution in [-0.4, -0.2) is 28.5 Å². The Morgan fingerprint density at radius 2 is 1.89 bits per heavy atom. The SMILES string of the molecule is O=C(c1ccc(Br)o1)N1CCC(n2cccc2)CC1. The van der Waals surface area contributed by atoms with Gasteiger partial charge in [0.2, 0.25) is 0 Å². The van der Waals surface area contributed by atoms with Crippen molar-refractivity contribution in [3.8, 4) is 0 Å². The maximum atomic E-state index is 12.2. The molecule has 1 amide bonds. The zero-order valence-electron chi connectivity index (χ0n) is 10.5. The van der Waals surface area contributed by atoms with Crippen molar-refractivity contribution >= 4 is 21.8 Å². The topological polar surface area (TPSA) is 38.4 Å². The largest absolute Gasteiger partial charge is 0.444 e. The number of carbonyl (C=O) groups is 1. The van der Waals surface area contributed by atoms with Gasteiger partial charge in [-0.25, -0.2) is 0 Å². The minimum atomic E-state index is -0.0170. The molecule has 1 aliphatic heterocycles. The molecule has 2 aromatic heterocycles. The van der Waals surface area contributed by atoms with E-state index in [-0.39, 0.29) is 5.91 Å². The summed E-state index contributed by atoms with van der Waals surface area (Å²) in [6.07, 6.45) is 6.15. The van der Waals surface area contributed by atoms with Crippen LogP contribution in [0.15, 0.2) is 45.7 Å². The molecule has 1 aliphatic rings. The van der Waals surface area contributed by atoms with Gasteiger partial charge in [-0.1, -0.05) is 0 Å². The maximum absolute atomic E-state index is 12.2. The van der Waals surface area contributed by atoms with Crippen LogP contribution < -0.4 is 0 Å².